The molecule has 120 valence electrons. The first kappa shape index (κ1) is 16.9. The lowest BCUT2D eigenvalue weighted by atomic mass is 9.84. The molecule has 2 rings (SSSR count). The van der Waals surface area contributed by atoms with Gasteiger partial charge in [-0.25, -0.2) is 4.98 Å². The summed E-state index contributed by atoms with van der Waals surface area (Å²) < 4.78 is 37.3. The van der Waals surface area contributed by atoms with Crippen LogP contribution in [0.25, 0.3) is 0 Å². The molecule has 1 aliphatic rings. The first-order valence-corrected chi connectivity index (χ1v) is 7.85. The van der Waals surface area contributed by atoms with Crippen molar-refractivity contribution in [2.75, 3.05) is 5.75 Å². The lowest BCUT2D eigenvalue weighted by Crippen LogP contribution is -2.22. The number of ketones is 1. The summed E-state index contributed by atoms with van der Waals surface area (Å²) in [4.78, 5) is 15.3. The van der Waals surface area contributed by atoms with Gasteiger partial charge in [-0.15, -0.1) is 11.8 Å². The van der Waals surface area contributed by atoms with Gasteiger partial charge in [-0.1, -0.05) is 6.92 Å². The Balaban J connectivity index is 1.90. The molecule has 0 saturated heterocycles. The molecule has 1 aromatic heterocycles. The Morgan fingerprint density at radius 1 is 1.41 bits per heavy atom. The largest absolute Gasteiger partial charge is 0.596 e. The molecular weight excluding hydrogens is 315 g/mol. The van der Waals surface area contributed by atoms with Gasteiger partial charge in [-0.2, -0.15) is 13.2 Å². The Morgan fingerprint density at radius 3 is 2.68 bits per heavy atom. The van der Waals surface area contributed by atoms with Crippen molar-refractivity contribution in [1.29, 1.82) is 0 Å². The number of allylic oxidation sites excluding steroid dienone is 2. The van der Waals surface area contributed by atoms with Crippen molar-refractivity contribution < 1.29 is 23.1 Å². The van der Waals surface area contributed by atoms with Gasteiger partial charge >= 0.3 is 6.18 Å². The van der Waals surface area contributed by atoms with E-state index in [1.54, 1.807) is 0 Å². The van der Waals surface area contributed by atoms with Crippen molar-refractivity contribution >= 4 is 17.5 Å². The number of alkyl halides is 3. The van der Waals surface area contributed by atoms with Crippen LogP contribution in [-0.4, -0.2) is 21.6 Å². The Labute approximate surface area is 130 Å². The molecule has 0 saturated carbocycles. The summed E-state index contributed by atoms with van der Waals surface area (Å²) in [6.07, 6.45) is -1.16. The van der Waals surface area contributed by atoms with E-state index in [1.807, 2.05) is 6.92 Å². The summed E-state index contributed by atoms with van der Waals surface area (Å²) >= 11 is 1.37. The fourth-order valence-electron chi connectivity index (χ4n) is 2.31. The van der Waals surface area contributed by atoms with E-state index in [0.29, 0.717) is 29.4 Å². The van der Waals surface area contributed by atoms with Crippen molar-refractivity contribution in [2.24, 2.45) is 11.8 Å². The summed E-state index contributed by atoms with van der Waals surface area (Å²) in [5.74, 6) is 1.29. The van der Waals surface area contributed by atoms with Crippen molar-refractivity contribution in [3.8, 4) is 0 Å². The molecule has 1 heterocycles. The van der Waals surface area contributed by atoms with Gasteiger partial charge in [0.15, 0.2) is 5.78 Å². The van der Waals surface area contributed by atoms with Gasteiger partial charge in [0.05, 0.1) is 23.1 Å². The lowest BCUT2D eigenvalue weighted by molar-refractivity contribution is -0.137. The smallest absolute Gasteiger partial charge is 0.417 e. The molecule has 3 nitrogen and oxygen atoms in total. The van der Waals surface area contributed by atoms with Gasteiger partial charge in [0.1, 0.15) is 0 Å². The monoisotopic (exact) mass is 332 g/mol. The van der Waals surface area contributed by atoms with Crippen LogP contribution in [0.2, 0.25) is 0 Å². The van der Waals surface area contributed by atoms with E-state index in [9.17, 15) is 18.0 Å². The predicted octanol–water partition coefficient (Wildman–Crippen LogP) is 3.42. The molecule has 2 unspecified atom stereocenters. The fourth-order valence-corrected chi connectivity index (χ4v) is 3.31. The Bertz CT molecular complexity index is 569. The number of carbonyl (C=O) groups is 1. The molecule has 0 amide bonds. The molecular formula is C15H17F3NO2S+. The first-order valence-electron chi connectivity index (χ1n) is 6.86. The minimum absolute atomic E-state index is 0.0224. The fraction of sp³-hybridized carbons (Fsp3) is 0.467. The van der Waals surface area contributed by atoms with Crippen LogP contribution < -0.4 is 0 Å². The molecule has 0 spiro atoms. The van der Waals surface area contributed by atoms with Gasteiger partial charge in [0.2, 0.25) is 5.76 Å². The van der Waals surface area contributed by atoms with Crippen LogP contribution in [0.1, 0.15) is 25.3 Å². The number of hydrogen-bond donors (Lipinski definition) is 0. The van der Waals surface area contributed by atoms with Gasteiger partial charge in [-0.05, 0) is 24.0 Å². The van der Waals surface area contributed by atoms with E-state index in [1.165, 1.54) is 23.9 Å². The van der Waals surface area contributed by atoms with E-state index < -0.39 is 11.7 Å². The molecule has 1 aliphatic carbocycles. The molecule has 0 aromatic carbocycles. The van der Waals surface area contributed by atoms with Gasteiger partial charge in [0, 0.05) is 18.4 Å². The molecule has 2 atom stereocenters. The van der Waals surface area contributed by atoms with Gasteiger partial charge in [0.25, 0.3) is 0 Å². The molecule has 22 heavy (non-hydrogen) atoms. The third-order valence-electron chi connectivity index (χ3n) is 3.64. The second-order valence-corrected chi connectivity index (χ2v) is 6.52. The number of rotatable bonds is 4. The summed E-state index contributed by atoms with van der Waals surface area (Å²) in [6, 6.07) is 2.39. The van der Waals surface area contributed by atoms with E-state index in [4.69, 9.17) is 5.11 Å². The number of halogens is 3. The highest BCUT2D eigenvalue weighted by Gasteiger charge is 2.31. The van der Waals surface area contributed by atoms with Gasteiger partial charge < -0.3 is 5.11 Å². The molecule has 1 aromatic rings. The molecule has 0 fully saturated rings. The van der Waals surface area contributed by atoms with Crippen molar-refractivity contribution in [2.45, 2.75) is 31.0 Å². The Morgan fingerprint density at radius 2 is 2.14 bits per heavy atom. The van der Waals surface area contributed by atoms with Crippen molar-refractivity contribution in [1.82, 2.24) is 4.98 Å². The minimum atomic E-state index is -4.37. The van der Waals surface area contributed by atoms with Crippen molar-refractivity contribution in [3.63, 3.8) is 0 Å². The van der Waals surface area contributed by atoms with Crippen LogP contribution in [0.3, 0.4) is 0 Å². The zero-order valence-electron chi connectivity index (χ0n) is 12.0. The van der Waals surface area contributed by atoms with Crippen molar-refractivity contribution in [3.05, 3.63) is 35.7 Å². The average molecular weight is 332 g/mol. The van der Waals surface area contributed by atoms with E-state index in [2.05, 4.69) is 4.98 Å². The Kier molecular flexibility index (Phi) is 5.16. The third-order valence-corrected chi connectivity index (χ3v) is 4.87. The average Bonchev–Trinajstić information content (AvgIpc) is 2.43. The van der Waals surface area contributed by atoms with Crippen LogP contribution in [0.4, 0.5) is 13.2 Å². The SMILES string of the molecule is CC(CSc1ccc(C(F)(F)F)cn1)C1CC(=O)C=C([OH2+])C1. The number of thioether (sulfide) groups is 1. The highest BCUT2D eigenvalue weighted by molar-refractivity contribution is 7.99. The number of nitrogens with zero attached hydrogens (tertiary/aromatic N) is 1. The minimum Gasteiger partial charge on any atom is -0.596 e. The first-order chi connectivity index (χ1) is 10.3. The highest BCUT2D eigenvalue weighted by Crippen LogP contribution is 2.32. The molecule has 0 bridgehead atoms. The summed E-state index contributed by atoms with van der Waals surface area (Å²) in [5.41, 5.74) is -0.758. The van der Waals surface area contributed by atoms with Crippen LogP contribution in [-0.2, 0) is 11.0 Å². The van der Waals surface area contributed by atoms with Gasteiger partial charge in [-0.3, -0.25) is 4.79 Å². The normalized spacial score (nSPS) is 20.6. The Hall–Kier alpha value is -1.50. The number of hydrogen-bond acceptors (Lipinski definition) is 3. The summed E-state index contributed by atoms with van der Waals surface area (Å²) in [6.45, 7) is 1.99. The van der Waals surface area contributed by atoms with Crippen LogP contribution in [0.15, 0.2) is 35.2 Å². The maximum atomic E-state index is 12.4. The zero-order valence-corrected chi connectivity index (χ0v) is 12.8. The predicted molar refractivity (Wildman–Crippen MR) is 78.6 cm³/mol. The molecule has 2 N–H and O–H groups in total. The van der Waals surface area contributed by atoms with E-state index >= 15 is 0 Å². The zero-order chi connectivity index (χ0) is 16.3. The second kappa shape index (κ2) is 6.73. The van der Waals surface area contributed by atoms with Crippen LogP contribution in [0.5, 0.6) is 0 Å². The number of pyridine rings is 1. The van der Waals surface area contributed by atoms with E-state index in [0.717, 1.165) is 12.3 Å². The highest BCUT2D eigenvalue weighted by atomic mass is 32.2. The van der Waals surface area contributed by atoms with Crippen LogP contribution >= 0.6 is 11.8 Å². The topological polar surface area (TPSA) is 52.9 Å². The molecule has 0 aliphatic heterocycles. The maximum absolute atomic E-state index is 12.4. The maximum Gasteiger partial charge on any atom is 0.417 e. The molecule has 0 radical (unpaired) electrons. The molecule has 7 heteroatoms. The second-order valence-electron chi connectivity index (χ2n) is 5.48. The number of aromatic nitrogens is 1. The quantitative estimate of drug-likeness (QED) is 0.627. The standard InChI is InChI=1S/C15H16F3NO2S/c1-9(10-4-12(20)6-13(21)5-10)8-22-14-3-2-11(7-19-14)15(16,17)18/h2-3,6-7,9-10,20H,4-5,8H2,1H3/p+1. The summed E-state index contributed by atoms with van der Waals surface area (Å²) in [7, 11) is 0. The summed E-state index contributed by atoms with van der Waals surface area (Å²) in [5, 5.41) is 8.15. The lowest BCUT2D eigenvalue weighted by Gasteiger charge is -2.23. The van der Waals surface area contributed by atoms with Crippen LogP contribution in [0, 0.1) is 11.8 Å². The number of carbonyl (C=O) groups excluding carboxylic acids is 1. The third kappa shape index (κ3) is 4.50. The van der Waals surface area contributed by atoms with E-state index in [-0.39, 0.29) is 17.6 Å².